The van der Waals surface area contributed by atoms with Crippen LogP contribution >= 0.6 is 0 Å². The Morgan fingerprint density at radius 3 is 2.56 bits per heavy atom. The molecule has 43 heavy (non-hydrogen) atoms. The van der Waals surface area contributed by atoms with E-state index in [9.17, 15) is 27.0 Å². The van der Waals surface area contributed by atoms with Gasteiger partial charge in [-0.3, -0.25) is 4.98 Å². The number of hydrogen-bond acceptors (Lipinski definition) is 10. The molecule has 3 aromatic rings. The molecular formula is C30H37N3O8S2. The highest BCUT2D eigenvalue weighted by Crippen LogP contribution is 2.46. The third-order valence-electron chi connectivity index (χ3n) is 8.92. The molecular weight excluding hydrogens is 594 g/mol. The second-order valence-electron chi connectivity index (χ2n) is 11.8. The maximum Gasteiger partial charge on any atom is 0.243 e. The van der Waals surface area contributed by atoms with Gasteiger partial charge in [-0.25, -0.2) is 16.8 Å². The van der Waals surface area contributed by atoms with E-state index in [1.54, 1.807) is 42.6 Å². The lowest BCUT2D eigenvalue weighted by molar-refractivity contribution is -0.0312. The molecule has 2 aliphatic heterocycles. The van der Waals surface area contributed by atoms with Crippen LogP contribution in [-0.4, -0.2) is 98.3 Å². The molecule has 0 bridgehead atoms. The minimum absolute atomic E-state index is 0.00692. The first-order valence-corrected chi connectivity index (χ1v) is 17.5. The van der Waals surface area contributed by atoms with Crippen LogP contribution in [0, 0.1) is 0 Å². The number of sulfone groups is 1. The number of benzene rings is 2. The summed E-state index contributed by atoms with van der Waals surface area (Å²) in [7, 11) is -7.30. The van der Waals surface area contributed by atoms with E-state index in [4.69, 9.17) is 9.47 Å². The van der Waals surface area contributed by atoms with Crippen LogP contribution in [0.5, 0.6) is 5.75 Å². The molecule has 0 radical (unpaired) electrons. The van der Waals surface area contributed by atoms with Crippen molar-refractivity contribution < 1.29 is 36.5 Å². The topological polar surface area (TPSA) is 155 Å². The molecule has 3 aliphatic rings. The summed E-state index contributed by atoms with van der Waals surface area (Å²) in [6.07, 6.45) is 3.60. The zero-order valence-electron chi connectivity index (χ0n) is 23.8. The number of ether oxygens (including phenoxy) is 2. The predicted octanol–water partition coefficient (Wildman–Crippen LogP) is 1.88. The van der Waals surface area contributed by atoms with Crippen molar-refractivity contribution in [1.82, 2.24) is 14.6 Å². The third kappa shape index (κ3) is 6.04. The first kappa shape index (κ1) is 30.4. The number of aliphatic hydroxyl groups is 2. The molecule has 232 valence electrons. The molecule has 11 nitrogen and oxygen atoms in total. The Hall–Kier alpha value is -2.65. The fourth-order valence-electron chi connectivity index (χ4n) is 6.01. The summed E-state index contributed by atoms with van der Waals surface area (Å²) in [6.45, 7) is 1.02. The van der Waals surface area contributed by atoms with Gasteiger partial charge in [0.15, 0.2) is 9.84 Å². The Kier molecular flexibility index (Phi) is 8.26. The molecule has 3 N–H and O–H groups in total. The van der Waals surface area contributed by atoms with Crippen LogP contribution in [0.3, 0.4) is 0 Å². The Bertz CT molecular complexity index is 1690. The van der Waals surface area contributed by atoms with Gasteiger partial charge in [-0.2, -0.15) is 4.31 Å². The maximum atomic E-state index is 13.3. The summed E-state index contributed by atoms with van der Waals surface area (Å²) >= 11 is 0. The number of sulfonamides is 1. The lowest BCUT2D eigenvalue weighted by atomic mass is 9.88. The van der Waals surface area contributed by atoms with Gasteiger partial charge in [0.2, 0.25) is 10.0 Å². The van der Waals surface area contributed by atoms with Crippen molar-refractivity contribution in [3.05, 3.63) is 60.8 Å². The highest BCUT2D eigenvalue weighted by atomic mass is 32.2. The normalized spacial score (nSPS) is 22.5. The van der Waals surface area contributed by atoms with Crippen LogP contribution in [0.25, 0.3) is 10.9 Å². The largest absolute Gasteiger partial charge is 0.491 e. The highest BCUT2D eigenvalue weighted by molar-refractivity contribution is 7.93. The van der Waals surface area contributed by atoms with E-state index in [0.717, 1.165) is 10.9 Å². The van der Waals surface area contributed by atoms with Crippen LogP contribution in [0.1, 0.15) is 32.1 Å². The van der Waals surface area contributed by atoms with Crippen molar-refractivity contribution in [1.29, 1.82) is 0 Å². The van der Waals surface area contributed by atoms with Crippen molar-refractivity contribution in [2.45, 2.75) is 64.4 Å². The molecule has 2 aromatic carbocycles. The fraction of sp³-hybridized carbons (Fsp3) is 0.500. The number of nitrogens with one attached hydrogen (secondary N) is 1. The van der Waals surface area contributed by atoms with Gasteiger partial charge in [0.05, 0.1) is 38.9 Å². The molecule has 13 heteroatoms. The Balaban J connectivity index is 0.971. The third-order valence-corrected chi connectivity index (χ3v) is 13.4. The summed E-state index contributed by atoms with van der Waals surface area (Å²) in [6, 6.07) is 14.8. The monoisotopic (exact) mass is 631 g/mol. The van der Waals surface area contributed by atoms with Gasteiger partial charge in [0.1, 0.15) is 18.5 Å². The lowest BCUT2D eigenvalue weighted by Gasteiger charge is -2.38. The minimum atomic E-state index is -3.66. The summed E-state index contributed by atoms with van der Waals surface area (Å²) in [5, 5.41) is 24.2. The fourth-order valence-corrected chi connectivity index (χ4v) is 9.32. The molecule has 6 rings (SSSR count). The average molecular weight is 632 g/mol. The van der Waals surface area contributed by atoms with E-state index >= 15 is 0 Å². The van der Waals surface area contributed by atoms with Crippen LogP contribution in [0.15, 0.2) is 70.6 Å². The molecule has 3 heterocycles. The standard InChI is InChI=1S/C30H37N3O8S2/c34-21-30(8-9-30)42(36,37)26-5-1-4-25(16-26)40-20-24(35)18-32-23-17-29(41-19-23)10-13-33(14-11-29)43(38,39)27-6-7-28-22(15-27)3-2-12-31-28/h1-7,12,15-16,23-24,32,34-35H,8-11,13-14,17-21H2/t23-,24+/m1/s1. The van der Waals surface area contributed by atoms with Crippen molar-refractivity contribution in [3.63, 3.8) is 0 Å². The SMILES string of the molecule is O=S(=O)(c1ccc2ncccc2c1)N1CCC2(CC1)C[C@@H](NC[C@H](O)COc1cccc(S(=O)(=O)C3(CO)CC3)c1)CO2. The number of aliphatic hydroxyl groups excluding tert-OH is 2. The van der Waals surface area contributed by atoms with Gasteiger partial charge in [-0.15, -0.1) is 0 Å². The summed E-state index contributed by atoms with van der Waals surface area (Å²) in [5.41, 5.74) is 0.344. The summed E-state index contributed by atoms with van der Waals surface area (Å²) in [4.78, 5) is 4.63. The van der Waals surface area contributed by atoms with Crippen LogP contribution in [-0.2, 0) is 24.6 Å². The Morgan fingerprint density at radius 2 is 1.81 bits per heavy atom. The number of piperidine rings is 1. The average Bonchev–Trinajstić information content (AvgIpc) is 3.75. The lowest BCUT2D eigenvalue weighted by Crippen LogP contribution is -2.47. The molecule has 1 aliphatic carbocycles. The number of fused-ring (bicyclic) bond motifs is 1. The second kappa shape index (κ2) is 11.7. The Morgan fingerprint density at radius 1 is 1.02 bits per heavy atom. The number of nitrogens with zero attached hydrogens (tertiary/aromatic N) is 2. The first-order chi connectivity index (χ1) is 20.6. The Labute approximate surface area is 251 Å². The predicted molar refractivity (Wildman–Crippen MR) is 159 cm³/mol. The van der Waals surface area contributed by atoms with Crippen molar-refractivity contribution >= 4 is 30.8 Å². The van der Waals surface area contributed by atoms with E-state index < -0.39 is 42.9 Å². The molecule has 0 unspecified atom stereocenters. The van der Waals surface area contributed by atoms with Gasteiger partial charge < -0.3 is 25.0 Å². The van der Waals surface area contributed by atoms with Crippen LogP contribution < -0.4 is 10.1 Å². The molecule has 1 saturated carbocycles. The van der Waals surface area contributed by atoms with Crippen molar-refractivity contribution in [3.8, 4) is 5.75 Å². The molecule has 1 aromatic heterocycles. The smallest absolute Gasteiger partial charge is 0.243 e. The van der Waals surface area contributed by atoms with E-state index in [0.29, 0.717) is 57.6 Å². The maximum absolute atomic E-state index is 13.3. The zero-order valence-corrected chi connectivity index (χ0v) is 25.4. The van der Waals surface area contributed by atoms with Crippen LogP contribution in [0.2, 0.25) is 0 Å². The number of aromatic nitrogens is 1. The number of pyridine rings is 1. The van der Waals surface area contributed by atoms with Crippen LogP contribution in [0.4, 0.5) is 0 Å². The zero-order chi connectivity index (χ0) is 30.3. The van der Waals surface area contributed by atoms with Crippen molar-refractivity contribution in [2.24, 2.45) is 0 Å². The number of hydrogen-bond donors (Lipinski definition) is 3. The minimum Gasteiger partial charge on any atom is -0.491 e. The van der Waals surface area contributed by atoms with E-state index in [-0.39, 0.29) is 29.0 Å². The summed E-state index contributed by atoms with van der Waals surface area (Å²) < 4.78 is 64.7. The highest BCUT2D eigenvalue weighted by Gasteiger charge is 2.54. The van der Waals surface area contributed by atoms with Gasteiger partial charge >= 0.3 is 0 Å². The summed E-state index contributed by atoms with van der Waals surface area (Å²) in [5.74, 6) is 0.332. The molecule has 2 atom stereocenters. The molecule has 1 spiro atoms. The second-order valence-corrected chi connectivity index (χ2v) is 16.1. The number of rotatable bonds is 11. The molecule has 2 saturated heterocycles. The van der Waals surface area contributed by atoms with E-state index in [1.165, 1.54) is 16.4 Å². The van der Waals surface area contributed by atoms with Gasteiger partial charge in [-0.1, -0.05) is 12.1 Å². The van der Waals surface area contributed by atoms with Crippen molar-refractivity contribution in [2.75, 3.05) is 39.5 Å². The quantitative estimate of drug-likeness (QED) is 0.286. The molecule has 0 amide bonds. The van der Waals surface area contributed by atoms with Gasteiger partial charge in [0, 0.05) is 37.3 Å². The first-order valence-electron chi connectivity index (χ1n) is 14.5. The van der Waals surface area contributed by atoms with E-state index in [1.807, 2.05) is 6.07 Å². The van der Waals surface area contributed by atoms with E-state index in [2.05, 4.69) is 10.3 Å². The molecule has 3 fully saturated rings. The van der Waals surface area contributed by atoms with Gasteiger partial charge in [0.25, 0.3) is 0 Å². The van der Waals surface area contributed by atoms with Gasteiger partial charge in [-0.05, 0) is 74.6 Å².